The number of aliphatic carboxylic acids is 1. The van der Waals surface area contributed by atoms with Gasteiger partial charge in [0.25, 0.3) is 5.56 Å². The van der Waals surface area contributed by atoms with Crippen molar-refractivity contribution in [3.8, 4) is 11.4 Å². The van der Waals surface area contributed by atoms with Crippen molar-refractivity contribution in [3.63, 3.8) is 0 Å². The van der Waals surface area contributed by atoms with Crippen molar-refractivity contribution in [2.24, 2.45) is 0 Å². The number of rotatable bonds is 3. The summed E-state index contributed by atoms with van der Waals surface area (Å²) < 4.78 is 13.2. The molecule has 0 saturated heterocycles. The second kappa shape index (κ2) is 5.24. The van der Waals surface area contributed by atoms with Crippen LogP contribution in [0.15, 0.2) is 23.0 Å². The maximum Gasteiger partial charge on any atom is 0.308 e. The fraction of sp³-hybridized carbons (Fsp3) is 0.214. The van der Waals surface area contributed by atoms with Crippen molar-refractivity contribution in [1.82, 2.24) is 9.97 Å². The first kappa shape index (κ1) is 13.9. The van der Waals surface area contributed by atoms with Gasteiger partial charge >= 0.3 is 5.97 Å². The third kappa shape index (κ3) is 2.74. The summed E-state index contributed by atoms with van der Waals surface area (Å²) >= 11 is 0. The number of carboxylic acid groups (broad SMARTS) is 1. The molecule has 1 aromatic carbocycles. The number of aryl methyl sites for hydroxylation is 2. The average molecular weight is 276 g/mol. The number of nitrogens with one attached hydrogen (secondary N) is 1. The summed E-state index contributed by atoms with van der Waals surface area (Å²) in [6.45, 7) is 3.19. The van der Waals surface area contributed by atoms with Crippen LogP contribution in [0.1, 0.15) is 16.8 Å². The monoisotopic (exact) mass is 276 g/mol. The topological polar surface area (TPSA) is 83.0 Å². The molecular formula is C14H13FN2O3. The molecule has 104 valence electrons. The van der Waals surface area contributed by atoms with Crippen LogP contribution in [0, 0.1) is 19.7 Å². The van der Waals surface area contributed by atoms with Crippen LogP contribution in [0.5, 0.6) is 0 Å². The first-order valence-electron chi connectivity index (χ1n) is 5.96. The van der Waals surface area contributed by atoms with E-state index in [4.69, 9.17) is 5.11 Å². The Labute approximate surface area is 114 Å². The highest BCUT2D eigenvalue weighted by molar-refractivity contribution is 5.70. The van der Waals surface area contributed by atoms with Crippen LogP contribution in [-0.4, -0.2) is 21.0 Å². The van der Waals surface area contributed by atoms with Gasteiger partial charge < -0.3 is 10.1 Å². The number of H-pyrrole nitrogens is 1. The molecule has 2 N–H and O–H groups in total. The molecule has 2 rings (SSSR count). The first-order valence-corrected chi connectivity index (χ1v) is 5.96. The number of aromatic nitrogens is 2. The molecule has 0 fully saturated rings. The first-order chi connectivity index (χ1) is 9.38. The van der Waals surface area contributed by atoms with Crippen LogP contribution in [0.25, 0.3) is 11.4 Å². The highest BCUT2D eigenvalue weighted by Crippen LogP contribution is 2.18. The molecule has 0 radical (unpaired) electrons. The Balaban J connectivity index is 2.52. The smallest absolute Gasteiger partial charge is 0.308 e. The van der Waals surface area contributed by atoms with E-state index in [-0.39, 0.29) is 17.8 Å². The van der Waals surface area contributed by atoms with E-state index in [1.165, 1.54) is 12.1 Å². The molecule has 0 aliphatic rings. The number of benzene rings is 1. The van der Waals surface area contributed by atoms with E-state index in [1.807, 2.05) is 0 Å². The van der Waals surface area contributed by atoms with E-state index < -0.39 is 11.5 Å². The molecule has 6 heteroatoms. The summed E-state index contributed by atoms with van der Waals surface area (Å²) in [5, 5.41) is 8.75. The van der Waals surface area contributed by atoms with Crippen LogP contribution >= 0.6 is 0 Å². The second-order valence-corrected chi connectivity index (χ2v) is 4.51. The van der Waals surface area contributed by atoms with Gasteiger partial charge in [-0.2, -0.15) is 0 Å². The Morgan fingerprint density at radius 3 is 2.65 bits per heavy atom. The number of carbonyl (C=O) groups is 1. The largest absolute Gasteiger partial charge is 0.481 e. The minimum atomic E-state index is -1.09. The van der Waals surface area contributed by atoms with Gasteiger partial charge in [0.2, 0.25) is 0 Å². The number of hydrogen-bond donors (Lipinski definition) is 2. The highest BCUT2D eigenvalue weighted by Gasteiger charge is 2.13. The van der Waals surface area contributed by atoms with Crippen LogP contribution in [0.3, 0.4) is 0 Å². The summed E-state index contributed by atoms with van der Waals surface area (Å²) in [5.41, 5.74) is 1.01. The lowest BCUT2D eigenvalue weighted by Crippen LogP contribution is -2.20. The number of aromatic amines is 1. The fourth-order valence-corrected chi connectivity index (χ4v) is 1.90. The van der Waals surface area contributed by atoms with E-state index in [0.717, 1.165) is 0 Å². The molecule has 0 atom stereocenters. The van der Waals surface area contributed by atoms with Crippen molar-refractivity contribution in [1.29, 1.82) is 0 Å². The normalized spacial score (nSPS) is 10.6. The minimum Gasteiger partial charge on any atom is -0.481 e. The van der Waals surface area contributed by atoms with Gasteiger partial charge in [-0.1, -0.05) is 0 Å². The average Bonchev–Trinajstić information content (AvgIpc) is 2.36. The molecule has 2 aromatic rings. The zero-order valence-electron chi connectivity index (χ0n) is 11.0. The minimum absolute atomic E-state index is 0.125. The van der Waals surface area contributed by atoms with Gasteiger partial charge in [0.1, 0.15) is 11.6 Å². The summed E-state index contributed by atoms with van der Waals surface area (Å²) in [7, 11) is 0. The number of nitrogens with zero attached hydrogens (tertiary/aromatic N) is 1. The van der Waals surface area contributed by atoms with Gasteiger partial charge in [0.05, 0.1) is 6.42 Å². The molecule has 0 aliphatic heterocycles. The molecule has 1 aromatic heterocycles. The summed E-state index contributed by atoms with van der Waals surface area (Å²) in [4.78, 5) is 29.3. The number of carboxylic acids is 1. The van der Waals surface area contributed by atoms with Crippen molar-refractivity contribution >= 4 is 5.97 Å². The van der Waals surface area contributed by atoms with E-state index in [0.29, 0.717) is 22.6 Å². The number of hydrogen-bond acceptors (Lipinski definition) is 3. The molecule has 0 spiro atoms. The van der Waals surface area contributed by atoms with Gasteiger partial charge in [0.15, 0.2) is 0 Å². The summed E-state index contributed by atoms with van der Waals surface area (Å²) in [5.74, 6) is -1.13. The maximum absolute atomic E-state index is 13.2. The van der Waals surface area contributed by atoms with E-state index in [2.05, 4.69) is 9.97 Å². The standard InChI is InChI=1S/C14H13FN2O3/c1-7-5-9(3-4-11(7)15)13-16-8(2)10(6-12(18)19)14(20)17-13/h3-5H,6H2,1-2H3,(H,18,19)(H,16,17,20). The molecule has 0 amide bonds. The van der Waals surface area contributed by atoms with Gasteiger partial charge in [-0.3, -0.25) is 9.59 Å². The quantitative estimate of drug-likeness (QED) is 0.895. The van der Waals surface area contributed by atoms with Crippen molar-refractivity contribution in [2.45, 2.75) is 20.3 Å². The molecule has 0 saturated carbocycles. The Morgan fingerprint density at radius 1 is 1.40 bits per heavy atom. The van der Waals surface area contributed by atoms with Crippen LogP contribution in [0.2, 0.25) is 0 Å². The SMILES string of the molecule is Cc1cc(-c2nc(C)c(CC(=O)O)c(=O)[nH]2)ccc1F. The van der Waals surface area contributed by atoms with Gasteiger partial charge in [0, 0.05) is 16.8 Å². The summed E-state index contributed by atoms with van der Waals surface area (Å²) in [6.07, 6.45) is -0.378. The van der Waals surface area contributed by atoms with Gasteiger partial charge in [-0.05, 0) is 37.6 Å². The van der Waals surface area contributed by atoms with Gasteiger partial charge in [-0.25, -0.2) is 9.37 Å². The van der Waals surface area contributed by atoms with Crippen molar-refractivity contribution in [2.75, 3.05) is 0 Å². The third-order valence-electron chi connectivity index (χ3n) is 2.98. The zero-order chi connectivity index (χ0) is 14.9. The fourth-order valence-electron chi connectivity index (χ4n) is 1.90. The molecular weight excluding hydrogens is 263 g/mol. The Morgan fingerprint density at radius 2 is 2.10 bits per heavy atom. The maximum atomic E-state index is 13.2. The lowest BCUT2D eigenvalue weighted by molar-refractivity contribution is -0.136. The predicted molar refractivity (Wildman–Crippen MR) is 71.1 cm³/mol. The van der Waals surface area contributed by atoms with E-state index >= 15 is 0 Å². The van der Waals surface area contributed by atoms with Crippen LogP contribution in [-0.2, 0) is 11.2 Å². The molecule has 0 unspecified atom stereocenters. The predicted octanol–water partition coefficient (Wildman–Crippen LogP) is 1.82. The molecule has 1 heterocycles. The summed E-state index contributed by atoms with van der Waals surface area (Å²) in [6, 6.07) is 4.38. The van der Waals surface area contributed by atoms with Crippen molar-refractivity contribution in [3.05, 3.63) is 51.2 Å². The Kier molecular flexibility index (Phi) is 3.65. The lowest BCUT2D eigenvalue weighted by atomic mass is 10.1. The van der Waals surface area contributed by atoms with Crippen molar-refractivity contribution < 1.29 is 14.3 Å². The van der Waals surface area contributed by atoms with Crippen LogP contribution < -0.4 is 5.56 Å². The highest BCUT2D eigenvalue weighted by atomic mass is 19.1. The third-order valence-corrected chi connectivity index (χ3v) is 2.98. The lowest BCUT2D eigenvalue weighted by Gasteiger charge is -2.07. The Hall–Kier alpha value is -2.50. The van der Waals surface area contributed by atoms with E-state index in [9.17, 15) is 14.0 Å². The number of halogens is 1. The Bertz CT molecular complexity index is 738. The van der Waals surface area contributed by atoms with E-state index in [1.54, 1.807) is 19.9 Å². The van der Waals surface area contributed by atoms with Crippen LogP contribution in [0.4, 0.5) is 4.39 Å². The molecule has 5 nitrogen and oxygen atoms in total. The molecule has 0 aliphatic carbocycles. The molecule has 0 bridgehead atoms. The zero-order valence-corrected chi connectivity index (χ0v) is 11.0. The second-order valence-electron chi connectivity index (χ2n) is 4.51. The van der Waals surface area contributed by atoms with Gasteiger partial charge in [-0.15, -0.1) is 0 Å². The molecule has 20 heavy (non-hydrogen) atoms.